The summed E-state index contributed by atoms with van der Waals surface area (Å²) in [6.07, 6.45) is 5.23. The monoisotopic (exact) mass is 282 g/mol. The van der Waals surface area contributed by atoms with Crippen molar-refractivity contribution in [3.8, 4) is 0 Å². The predicted octanol–water partition coefficient (Wildman–Crippen LogP) is 4.07. The first kappa shape index (κ1) is 13.4. The van der Waals surface area contributed by atoms with Crippen molar-refractivity contribution in [3.05, 3.63) is 35.5 Å². The van der Waals surface area contributed by atoms with Gasteiger partial charge >= 0.3 is 0 Å². The third-order valence-electron chi connectivity index (χ3n) is 6.15. The summed E-state index contributed by atoms with van der Waals surface area (Å²) in [6.45, 7) is 7.34. The Morgan fingerprint density at radius 2 is 2.10 bits per heavy atom. The fourth-order valence-corrected chi connectivity index (χ4v) is 4.85. The van der Waals surface area contributed by atoms with Crippen molar-refractivity contribution >= 4 is 10.9 Å². The normalized spacial score (nSPS) is 29.4. The zero-order chi connectivity index (χ0) is 14.6. The Morgan fingerprint density at radius 3 is 2.90 bits per heavy atom. The molecule has 2 aliphatic rings. The van der Waals surface area contributed by atoms with Gasteiger partial charge in [-0.1, -0.05) is 31.5 Å². The molecule has 1 aromatic heterocycles. The summed E-state index contributed by atoms with van der Waals surface area (Å²) in [4.78, 5) is 2.77. The Balaban J connectivity index is 1.89. The number of benzene rings is 1. The summed E-state index contributed by atoms with van der Waals surface area (Å²) in [7, 11) is 2.27. The van der Waals surface area contributed by atoms with Gasteiger partial charge in [-0.05, 0) is 43.7 Å². The average Bonchev–Trinajstić information content (AvgIpc) is 2.81. The summed E-state index contributed by atoms with van der Waals surface area (Å²) in [6, 6.07) is 8.94. The van der Waals surface area contributed by atoms with Crippen LogP contribution in [0.2, 0.25) is 0 Å². The summed E-state index contributed by atoms with van der Waals surface area (Å²) in [5, 5.41) is 1.48. The molecule has 0 N–H and O–H groups in total. The molecule has 0 saturated carbocycles. The first-order chi connectivity index (χ1) is 10.1. The Labute approximate surface area is 127 Å². The molecule has 2 unspecified atom stereocenters. The van der Waals surface area contributed by atoms with Crippen molar-refractivity contribution < 1.29 is 0 Å². The molecule has 1 fully saturated rings. The molecule has 2 nitrogen and oxygen atoms in total. The molecule has 0 amide bonds. The minimum Gasteiger partial charge on any atom is -0.346 e. The summed E-state index contributed by atoms with van der Waals surface area (Å²) >= 11 is 0. The van der Waals surface area contributed by atoms with Crippen LogP contribution in [0, 0.1) is 5.92 Å². The maximum atomic E-state index is 2.77. The van der Waals surface area contributed by atoms with Crippen LogP contribution in [0.3, 0.4) is 0 Å². The van der Waals surface area contributed by atoms with E-state index in [1.165, 1.54) is 49.7 Å². The van der Waals surface area contributed by atoms with Gasteiger partial charge in [0.05, 0.1) is 5.54 Å². The SMILES string of the molecule is CCC1CCC2(C)c3c(c4ccccc4n3C)CCN2C1. The third-order valence-corrected chi connectivity index (χ3v) is 6.15. The third kappa shape index (κ3) is 1.75. The van der Waals surface area contributed by atoms with E-state index in [-0.39, 0.29) is 5.54 Å². The molecule has 2 heteroatoms. The van der Waals surface area contributed by atoms with Gasteiger partial charge in [0.25, 0.3) is 0 Å². The molecule has 112 valence electrons. The van der Waals surface area contributed by atoms with Gasteiger partial charge in [0, 0.05) is 36.7 Å². The van der Waals surface area contributed by atoms with Gasteiger partial charge in [0.15, 0.2) is 0 Å². The lowest BCUT2D eigenvalue weighted by molar-refractivity contribution is 0.0146. The quantitative estimate of drug-likeness (QED) is 0.765. The number of hydrogen-bond acceptors (Lipinski definition) is 1. The summed E-state index contributed by atoms with van der Waals surface area (Å²) in [5.74, 6) is 0.898. The first-order valence-electron chi connectivity index (χ1n) is 8.47. The maximum absolute atomic E-state index is 2.77. The van der Waals surface area contributed by atoms with Gasteiger partial charge in [0.1, 0.15) is 0 Å². The molecular weight excluding hydrogens is 256 g/mol. The molecule has 0 aliphatic carbocycles. The smallest absolute Gasteiger partial charge is 0.0588 e. The number of rotatable bonds is 1. The number of aryl methyl sites for hydroxylation is 1. The van der Waals surface area contributed by atoms with Crippen LogP contribution in [0.1, 0.15) is 44.4 Å². The number of para-hydroxylation sites is 1. The Kier molecular flexibility index (Phi) is 2.94. The zero-order valence-corrected chi connectivity index (χ0v) is 13.5. The van der Waals surface area contributed by atoms with E-state index in [0.717, 1.165) is 5.92 Å². The Bertz CT molecular complexity index is 684. The van der Waals surface area contributed by atoms with Crippen LogP contribution >= 0.6 is 0 Å². The van der Waals surface area contributed by atoms with Crippen LogP contribution in [-0.4, -0.2) is 22.6 Å². The molecule has 0 bridgehead atoms. The van der Waals surface area contributed by atoms with Crippen LogP contribution in [-0.2, 0) is 19.0 Å². The topological polar surface area (TPSA) is 8.17 Å². The van der Waals surface area contributed by atoms with E-state index in [0.29, 0.717) is 0 Å². The van der Waals surface area contributed by atoms with Gasteiger partial charge in [-0.3, -0.25) is 4.90 Å². The Morgan fingerprint density at radius 1 is 1.29 bits per heavy atom. The molecule has 1 aromatic carbocycles. The number of hydrogen-bond donors (Lipinski definition) is 0. The van der Waals surface area contributed by atoms with E-state index >= 15 is 0 Å². The molecule has 0 radical (unpaired) electrons. The van der Waals surface area contributed by atoms with Crippen molar-refractivity contribution in [1.82, 2.24) is 9.47 Å². The van der Waals surface area contributed by atoms with E-state index in [4.69, 9.17) is 0 Å². The van der Waals surface area contributed by atoms with Crippen molar-refractivity contribution in [2.75, 3.05) is 13.1 Å². The van der Waals surface area contributed by atoms with E-state index in [1.807, 2.05) is 0 Å². The highest BCUT2D eigenvalue weighted by Crippen LogP contribution is 2.46. The van der Waals surface area contributed by atoms with Crippen LogP contribution < -0.4 is 0 Å². The van der Waals surface area contributed by atoms with Crippen LogP contribution in [0.5, 0.6) is 0 Å². The fraction of sp³-hybridized carbons (Fsp3) is 0.579. The minimum atomic E-state index is 0.243. The number of piperidine rings is 1. The van der Waals surface area contributed by atoms with Gasteiger partial charge < -0.3 is 4.57 Å². The molecule has 2 atom stereocenters. The van der Waals surface area contributed by atoms with Crippen molar-refractivity contribution in [2.24, 2.45) is 13.0 Å². The highest BCUT2D eigenvalue weighted by molar-refractivity contribution is 5.86. The standard InChI is InChI=1S/C19H26N2/c1-4-14-9-11-19(2)18-16(10-12-21(19)13-14)15-7-5-6-8-17(15)20(18)3/h5-8,14H,4,9-13H2,1-3H3. The largest absolute Gasteiger partial charge is 0.346 e. The Hall–Kier alpha value is -1.28. The number of nitrogens with zero attached hydrogens (tertiary/aromatic N) is 2. The molecule has 1 saturated heterocycles. The molecule has 4 rings (SSSR count). The lowest BCUT2D eigenvalue weighted by Crippen LogP contribution is -2.54. The van der Waals surface area contributed by atoms with Gasteiger partial charge in [-0.2, -0.15) is 0 Å². The van der Waals surface area contributed by atoms with E-state index in [2.05, 4.69) is 54.6 Å². The lowest BCUT2D eigenvalue weighted by atomic mass is 9.76. The van der Waals surface area contributed by atoms with E-state index < -0.39 is 0 Å². The van der Waals surface area contributed by atoms with Crippen LogP contribution in [0.15, 0.2) is 24.3 Å². The second kappa shape index (κ2) is 4.61. The second-order valence-corrected chi connectivity index (χ2v) is 7.19. The summed E-state index contributed by atoms with van der Waals surface area (Å²) < 4.78 is 2.48. The predicted molar refractivity (Wildman–Crippen MR) is 88.6 cm³/mol. The van der Waals surface area contributed by atoms with Crippen LogP contribution in [0.4, 0.5) is 0 Å². The highest BCUT2D eigenvalue weighted by Gasteiger charge is 2.44. The molecule has 2 aliphatic heterocycles. The second-order valence-electron chi connectivity index (χ2n) is 7.19. The molecule has 3 heterocycles. The van der Waals surface area contributed by atoms with E-state index in [1.54, 1.807) is 11.3 Å². The van der Waals surface area contributed by atoms with Gasteiger partial charge in [-0.25, -0.2) is 0 Å². The summed E-state index contributed by atoms with van der Waals surface area (Å²) in [5.41, 5.74) is 4.85. The lowest BCUT2D eigenvalue weighted by Gasteiger charge is -2.51. The van der Waals surface area contributed by atoms with Gasteiger partial charge in [0.2, 0.25) is 0 Å². The highest BCUT2D eigenvalue weighted by atomic mass is 15.2. The molecule has 21 heavy (non-hydrogen) atoms. The maximum Gasteiger partial charge on any atom is 0.0588 e. The number of aromatic nitrogens is 1. The molecule has 2 aromatic rings. The fourth-order valence-electron chi connectivity index (χ4n) is 4.85. The van der Waals surface area contributed by atoms with Crippen molar-refractivity contribution in [2.45, 2.75) is 45.1 Å². The zero-order valence-electron chi connectivity index (χ0n) is 13.5. The minimum absolute atomic E-state index is 0.243. The van der Waals surface area contributed by atoms with Crippen LogP contribution in [0.25, 0.3) is 10.9 Å². The van der Waals surface area contributed by atoms with E-state index in [9.17, 15) is 0 Å². The molecular formula is C19H26N2. The number of fused-ring (bicyclic) bond motifs is 5. The first-order valence-corrected chi connectivity index (χ1v) is 8.47. The van der Waals surface area contributed by atoms with Crippen molar-refractivity contribution in [3.63, 3.8) is 0 Å². The average molecular weight is 282 g/mol. The molecule has 0 spiro atoms. The van der Waals surface area contributed by atoms with Crippen molar-refractivity contribution in [1.29, 1.82) is 0 Å². The van der Waals surface area contributed by atoms with Gasteiger partial charge in [-0.15, -0.1) is 0 Å².